The lowest BCUT2D eigenvalue weighted by Crippen LogP contribution is -2.30. The summed E-state index contributed by atoms with van der Waals surface area (Å²) < 4.78 is 0. The van der Waals surface area contributed by atoms with Gasteiger partial charge in [-0.1, -0.05) is 18.2 Å². The number of rotatable bonds is 5. The first-order chi connectivity index (χ1) is 9.09. The summed E-state index contributed by atoms with van der Waals surface area (Å²) in [6.45, 7) is 2.08. The summed E-state index contributed by atoms with van der Waals surface area (Å²) in [6, 6.07) is 11.2. The van der Waals surface area contributed by atoms with Gasteiger partial charge in [-0.3, -0.25) is 10.1 Å². The lowest BCUT2D eigenvalue weighted by molar-refractivity contribution is -0.384. The molecule has 0 radical (unpaired) electrons. The summed E-state index contributed by atoms with van der Waals surface area (Å²) in [5.74, 6) is 0. The molecule has 1 aromatic heterocycles. The van der Waals surface area contributed by atoms with Gasteiger partial charge in [-0.05, 0) is 24.4 Å². The maximum absolute atomic E-state index is 11.0. The molecular formula is C14H16N2O2S. The molecule has 0 aliphatic carbocycles. The molecule has 0 saturated carbocycles. The number of hydrogen-bond donors (Lipinski definition) is 0. The summed E-state index contributed by atoms with van der Waals surface area (Å²) in [5.41, 5.74) is 0.819. The van der Waals surface area contributed by atoms with E-state index in [0.29, 0.717) is 5.69 Å². The van der Waals surface area contributed by atoms with E-state index in [1.54, 1.807) is 29.5 Å². The number of nitro benzene ring substituents is 1. The maximum atomic E-state index is 11.0. The van der Waals surface area contributed by atoms with Gasteiger partial charge in [0.05, 0.1) is 4.92 Å². The van der Waals surface area contributed by atoms with E-state index in [2.05, 4.69) is 13.0 Å². The Morgan fingerprint density at radius 2 is 2.05 bits per heavy atom. The summed E-state index contributed by atoms with van der Waals surface area (Å²) in [4.78, 5) is 14.0. The molecule has 0 N–H and O–H groups in total. The van der Waals surface area contributed by atoms with E-state index in [1.165, 1.54) is 4.88 Å². The molecule has 1 aromatic carbocycles. The first-order valence-electron chi connectivity index (χ1n) is 6.08. The molecule has 100 valence electrons. The smallest absolute Gasteiger partial charge is 0.292 e. The minimum absolute atomic E-state index is 0.156. The fourth-order valence-corrected chi connectivity index (χ4v) is 2.84. The molecule has 1 heterocycles. The van der Waals surface area contributed by atoms with E-state index in [9.17, 15) is 10.1 Å². The Morgan fingerprint density at radius 3 is 2.68 bits per heavy atom. The number of nitrogens with zero attached hydrogens (tertiary/aromatic N) is 2. The van der Waals surface area contributed by atoms with Crippen LogP contribution in [-0.2, 0) is 6.42 Å². The van der Waals surface area contributed by atoms with Crippen molar-refractivity contribution >= 4 is 22.7 Å². The van der Waals surface area contributed by atoms with Gasteiger partial charge in [-0.15, -0.1) is 11.3 Å². The SMILES string of the molecule is CC(Cc1cccs1)N(C)c1ccccc1[N+](=O)[O-]. The number of nitro groups is 1. The third-order valence-electron chi connectivity index (χ3n) is 3.20. The lowest BCUT2D eigenvalue weighted by atomic mass is 10.1. The summed E-state index contributed by atoms with van der Waals surface area (Å²) in [7, 11) is 1.90. The van der Waals surface area contributed by atoms with Crippen molar-refractivity contribution in [3.8, 4) is 0 Å². The van der Waals surface area contributed by atoms with Gasteiger partial charge in [0.2, 0.25) is 0 Å². The molecule has 2 aromatic rings. The van der Waals surface area contributed by atoms with Crippen LogP contribution in [0.2, 0.25) is 0 Å². The molecule has 2 rings (SSSR count). The number of likely N-dealkylation sites (N-methyl/N-ethyl adjacent to an activating group) is 1. The van der Waals surface area contributed by atoms with Crippen LogP contribution in [-0.4, -0.2) is 18.0 Å². The highest BCUT2D eigenvalue weighted by atomic mass is 32.1. The Kier molecular flexibility index (Phi) is 4.16. The molecule has 0 fully saturated rings. The molecular weight excluding hydrogens is 260 g/mol. The molecule has 0 saturated heterocycles. The molecule has 4 nitrogen and oxygen atoms in total. The van der Waals surface area contributed by atoms with Gasteiger partial charge >= 0.3 is 0 Å². The van der Waals surface area contributed by atoms with Crippen LogP contribution in [0.15, 0.2) is 41.8 Å². The first-order valence-corrected chi connectivity index (χ1v) is 6.96. The standard InChI is InChI=1S/C14H16N2O2S/c1-11(10-12-6-5-9-19-12)15(2)13-7-3-4-8-14(13)16(17)18/h3-9,11H,10H2,1-2H3. The fourth-order valence-electron chi connectivity index (χ4n) is 2.01. The van der Waals surface area contributed by atoms with Crippen molar-refractivity contribution in [1.82, 2.24) is 0 Å². The molecule has 0 aliphatic rings. The molecule has 1 atom stereocenters. The van der Waals surface area contributed by atoms with E-state index in [1.807, 2.05) is 29.5 Å². The second kappa shape index (κ2) is 5.84. The number of benzene rings is 1. The summed E-state index contributed by atoms with van der Waals surface area (Å²) >= 11 is 1.71. The minimum Gasteiger partial charge on any atom is -0.366 e. The predicted octanol–water partition coefficient (Wildman–Crippen LogP) is 3.72. The van der Waals surface area contributed by atoms with Gasteiger partial charge in [0.15, 0.2) is 0 Å². The maximum Gasteiger partial charge on any atom is 0.292 e. The Hall–Kier alpha value is -1.88. The second-order valence-corrected chi connectivity index (χ2v) is 5.52. The van der Waals surface area contributed by atoms with Crippen LogP contribution < -0.4 is 4.90 Å². The number of thiophene rings is 1. The van der Waals surface area contributed by atoms with Gasteiger partial charge in [-0.2, -0.15) is 0 Å². The highest BCUT2D eigenvalue weighted by Crippen LogP contribution is 2.28. The molecule has 0 spiro atoms. The Labute approximate surface area is 116 Å². The minimum atomic E-state index is -0.330. The van der Waals surface area contributed by atoms with Crippen LogP contribution in [0.3, 0.4) is 0 Å². The first kappa shape index (κ1) is 13.5. The zero-order valence-corrected chi connectivity index (χ0v) is 11.8. The molecule has 0 aliphatic heterocycles. The number of hydrogen-bond acceptors (Lipinski definition) is 4. The quantitative estimate of drug-likeness (QED) is 0.617. The normalized spacial score (nSPS) is 12.1. The summed E-state index contributed by atoms with van der Waals surface area (Å²) in [5, 5.41) is 13.1. The van der Waals surface area contributed by atoms with E-state index in [4.69, 9.17) is 0 Å². The summed E-state index contributed by atoms with van der Waals surface area (Å²) in [6.07, 6.45) is 0.889. The third kappa shape index (κ3) is 3.12. The van der Waals surface area contributed by atoms with Gasteiger partial charge in [0.25, 0.3) is 5.69 Å². The second-order valence-electron chi connectivity index (χ2n) is 4.49. The Balaban J connectivity index is 2.19. The van der Waals surface area contributed by atoms with E-state index >= 15 is 0 Å². The van der Waals surface area contributed by atoms with Crippen molar-refractivity contribution < 1.29 is 4.92 Å². The van der Waals surface area contributed by atoms with Crippen LogP contribution in [0.1, 0.15) is 11.8 Å². The van der Waals surface area contributed by atoms with Crippen LogP contribution in [0.5, 0.6) is 0 Å². The van der Waals surface area contributed by atoms with Gasteiger partial charge < -0.3 is 4.90 Å². The van der Waals surface area contributed by atoms with Crippen LogP contribution in [0.25, 0.3) is 0 Å². The zero-order valence-electron chi connectivity index (χ0n) is 10.9. The Morgan fingerprint density at radius 1 is 1.32 bits per heavy atom. The van der Waals surface area contributed by atoms with Crippen molar-refractivity contribution in [2.75, 3.05) is 11.9 Å². The van der Waals surface area contributed by atoms with E-state index in [-0.39, 0.29) is 16.7 Å². The Bertz CT molecular complexity index is 554. The van der Waals surface area contributed by atoms with Crippen LogP contribution in [0.4, 0.5) is 11.4 Å². The topological polar surface area (TPSA) is 46.4 Å². The van der Waals surface area contributed by atoms with Crippen molar-refractivity contribution in [1.29, 1.82) is 0 Å². The predicted molar refractivity (Wildman–Crippen MR) is 79.0 cm³/mol. The zero-order chi connectivity index (χ0) is 13.8. The van der Waals surface area contributed by atoms with Gasteiger partial charge in [0.1, 0.15) is 5.69 Å². The molecule has 5 heteroatoms. The van der Waals surface area contributed by atoms with Gasteiger partial charge in [0, 0.05) is 30.5 Å². The monoisotopic (exact) mass is 276 g/mol. The fraction of sp³-hybridized carbons (Fsp3) is 0.286. The van der Waals surface area contributed by atoms with Gasteiger partial charge in [-0.25, -0.2) is 0 Å². The molecule has 0 amide bonds. The van der Waals surface area contributed by atoms with Crippen molar-refractivity contribution in [2.45, 2.75) is 19.4 Å². The van der Waals surface area contributed by atoms with Crippen LogP contribution in [0, 0.1) is 10.1 Å². The molecule has 0 bridgehead atoms. The highest BCUT2D eigenvalue weighted by Gasteiger charge is 2.19. The van der Waals surface area contributed by atoms with Crippen LogP contribution >= 0.6 is 11.3 Å². The number of para-hydroxylation sites is 2. The molecule has 19 heavy (non-hydrogen) atoms. The van der Waals surface area contributed by atoms with Crippen molar-refractivity contribution in [2.24, 2.45) is 0 Å². The van der Waals surface area contributed by atoms with Crippen molar-refractivity contribution in [3.63, 3.8) is 0 Å². The van der Waals surface area contributed by atoms with E-state index < -0.39 is 0 Å². The highest BCUT2D eigenvalue weighted by molar-refractivity contribution is 7.09. The largest absolute Gasteiger partial charge is 0.366 e. The molecule has 1 unspecified atom stereocenters. The number of anilines is 1. The average molecular weight is 276 g/mol. The third-order valence-corrected chi connectivity index (χ3v) is 4.09. The van der Waals surface area contributed by atoms with Crippen molar-refractivity contribution in [3.05, 3.63) is 56.8 Å². The average Bonchev–Trinajstić information content (AvgIpc) is 2.90. The lowest BCUT2D eigenvalue weighted by Gasteiger charge is -2.26. The van der Waals surface area contributed by atoms with E-state index in [0.717, 1.165) is 6.42 Å².